The van der Waals surface area contributed by atoms with Crippen molar-refractivity contribution in [2.75, 3.05) is 7.11 Å². The van der Waals surface area contributed by atoms with E-state index in [9.17, 15) is 13.2 Å². The molecule has 1 saturated carbocycles. The van der Waals surface area contributed by atoms with Crippen LogP contribution in [0.2, 0.25) is 0 Å². The lowest BCUT2D eigenvalue weighted by molar-refractivity contribution is 0.0729. The van der Waals surface area contributed by atoms with Crippen LogP contribution >= 0.6 is 0 Å². The Labute approximate surface area is 166 Å². The fourth-order valence-electron chi connectivity index (χ4n) is 3.02. The van der Waals surface area contributed by atoms with E-state index < -0.39 is 10.0 Å². The molecule has 0 unspecified atom stereocenters. The molecule has 6 nitrogen and oxygen atoms in total. The highest BCUT2D eigenvalue weighted by Crippen LogP contribution is 2.30. The van der Waals surface area contributed by atoms with Crippen LogP contribution in [0.5, 0.6) is 5.75 Å². The zero-order valence-corrected chi connectivity index (χ0v) is 17.2. The van der Waals surface area contributed by atoms with Crippen LogP contribution in [-0.2, 0) is 16.6 Å². The molecule has 150 valence electrons. The molecule has 7 heteroatoms. The second-order valence-electron chi connectivity index (χ2n) is 7.32. The van der Waals surface area contributed by atoms with Gasteiger partial charge in [-0.2, -0.15) is 0 Å². The van der Waals surface area contributed by atoms with Gasteiger partial charge in [0, 0.05) is 24.2 Å². The maximum atomic E-state index is 13.1. The monoisotopic (exact) mass is 402 g/mol. The van der Waals surface area contributed by atoms with Crippen molar-refractivity contribution in [1.29, 1.82) is 0 Å². The molecule has 0 radical (unpaired) electrons. The first kappa shape index (κ1) is 20.4. The first-order valence-electron chi connectivity index (χ1n) is 9.36. The second-order valence-corrected chi connectivity index (χ2v) is 9.03. The van der Waals surface area contributed by atoms with E-state index in [1.165, 1.54) is 12.1 Å². The van der Waals surface area contributed by atoms with Crippen molar-refractivity contribution in [3.05, 3.63) is 59.7 Å². The predicted octanol–water partition coefficient (Wildman–Crippen LogP) is 3.19. The highest BCUT2D eigenvalue weighted by molar-refractivity contribution is 7.89. The third-order valence-electron chi connectivity index (χ3n) is 4.54. The summed E-state index contributed by atoms with van der Waals surface area (Å²) in [6, 6.07) is 13.8. The van der Waals surface area contributed by atoms with Gasteiger partial charge in [0.1, 0.15) is 5.75 Å². The number of methoxy groups -OCH3 is 1. The van der Waals surface area contributed by atoms with Crippen molar-refractivity contribution < 1.29 is 17.9 Å². The maximum absolute atomic E-state index is 13.1. The van der Waals surface area contributed by atoms with Crippen LogP contribution in [0.4, 0.5) is 0 Å². The average molecular weight is 403 g/mol. The van der Waals surface area contributed by atoms with Crippen molar-refractivity contribution >= 4 is 15.9 Å². The summed E-state index contributed by atoms with van der Waals surface area (Å²) in [5, 5.41) is 0. The topological polar surface area (TPSA) is 75.7 Å². The van der Waals surface area contributed by atoms with Gasteiger partial charge in [0.15, 0.2) is 0 Å². The minimum absolute atomic E-state index is 0.104. The molecule has 0 saturated heterocycles. The summed E-state index contributed by atoms with van der Waals surface area (Å²) in [4.78, 5) is 15.1. The van der Waals surface area contributed by atoms with Gasteiger partial charge >= 0.3 is 0 Å². The van der Waals surface area contributed by atoms with Crippen LogP contribution in [0.25, 0.3) is 0 Å². The number of nitrogens with one attached hydrogen (secondary N) is 1. The summed E-state index contributed by atoms with van der Waals surface area (Å²) in [5.74, 6) is 0.614. The Morgan fingerprint density at radius 1 is 1.18 bits per heavy atom. The summed E-state index contributed by atoms with van der Waals surface area (Å²) < 4.78 is 32.6. The molecule has 1 N–H and O–H groups in total. The van der Waals surface area contributed by atoms with E-state index in [-0.39, 0.29) is 22.9 Å². The molecule has 0 aliphatic heterocycles. The van der Waals surface area contributed by atoms with Crippen molar-refractivity contribution in [2.45, 2.75) is 50.2 Å². The highest BCUT2D eigenvalue weighted by atomic mass is 32.2. The van der Waals surface area contributed by atoms with Gasteiger partial charge in [-0.1, -0.05) is 18.2 Å². The number of hydrogen-bond acceptors (Lipinski definition) is 4. The number of ether oxygens (including phenoxy) is 1. The molecular weight excluding hydrogens is 376 g/mol. The van der Waals surface area contributed by atoms with Gasteiger partial charge in [0.2, 0.25) is 10.0 Å². The fraction of sp³-hybridized carbons (Fsp3) is 0.381. The Bertz CT molecular complexity index is 935. The summed E-state index contributed by atoms with van der Waals surface area (Å²) >= 11 is 0. The van der Waals surface area contributed by atoms with Crippen molar-refractivity contribution in [2.24, 2.45) is 0 Å². The average Bonchev–Trinajstić information content (AvgIpc) is 3.50. The van der Waals surface area contributed by atoms with Gasteiger partial charge in [0.05, 0.1) is 12.0 Å². The number of carbonyl (C=O) groups is 1. The second kappa shape index (κ2) is 8.32. The zero-order valence-electron chi connectivity index (χ0n) is 16.4. The molecule has 0 aromatic heterocycles. The van der Waals surface area contributed by atoms with E-state index in [2.05, 4.69) is 4.72 Å². The third kappa shape index (κ3) is 4.91. The molecule has 1 amide bonds. The molecule has 1 fully saturated rings. The number of sulfonamides is 1. The first-order chi connectivity index (χ1) is 13.3. The molecule has 1 aliphatic carbocycles. The summed E-state index contributed by atoms with van der Waals surface area (Å²) in [5.41, 5.74) is 1.39. The van der Waals surface area contributed by atoms with Gasteiger partial charge in [0.25, 0.3) is 5.91 Å². The van der Waals surface area contributed by atoms with Gasteiger partial charge < -0.3 is 9.64 Å². The van der Waals surface area contributed by atoms with E-state index >= 15 is 0 Å². The molecular formula is C21H26N2O4S. The molecule has 0 spiro atoms. The smallest absolute Gasteiger partial charge is 0.254 e. The van der Waals surface area contributed by atoms with Gasteiger partial charge in [-0.15, -0.1) is 0 Å². The minimum atomic E-state index is -3.65. The molecule has 0 heterocycles. The first-order valence-corrected chi connectivity index (χ1v) is 10.8. The number of amides is 1. The Kier molecular flexibility index (Phi) is 6.05. The van der Waals surface area contributed by atoms with Crippen LogP contribution in [0.1, 0.15) is 42.6 Å². The number of carbonyl (C=O) groups excluding carboxylic acids is 1. The van der Waals surface area contributed by atoms with Crippen LogP contribution in [0.15, 0.2) is 53.4 Å². The van der Waals surface area contributed by atoms with Crippen molar-refractivity contribution in [1.82, 2.24) is 9.62 Å². The van der Waals surface area contributed by atoms with Gasteiger partial charge in [-0.3, -0.25) is 4.79 Å². The largest absolute Gasteiger partial charge is 0.497 e. The molecule has 3 rings (SSSR count). The normalized spacial score (nSPS) is 14.1. The highest BCUT2D eigenvalue weighted by Gasteiger charge is 2.33. The van der Waals surface area contributed by atoms with Gasteiger partial charge in [-0.05, 0) is 62.6 Å². The quantitative estimate of drug-likeness (QED) is 0.736. The lowest BCUT2D eigenvalue weighted by Crippen LogP contribution is -2.33. The third-order valence-corrected chi connectivity index (χ3v) is 6.20. The Balaban J connectivity index is 1.83. The molecule has 28 heavy (non-hydrogen) atoms. The van der Waals surface area contributed by atoms with Crippen molar-refractivity contribution in [3.63, 3.8) is 0 Å². The van der Waals surface area contributed by atoms with Crippen LogP contribution in [0.3, 0.4) is 0 Å². The molecule has 1 aliphatic rings. The zero-order chi connectivity index (χ0) is 20.3. The summed E-state index contributed by atoms with van der Waals surface area (Å²) in [7, 11) is -2.03. The van der Waals surface area contributed by atoms with E-state index in [0.29, 0.717) is 12.1 Å². The Morgan fingerprint density at radius 3 is 2.43 bits per heavy atom. The molecule has 2 aromatic rings. The Morgan fingerprint density at radius 2 is 1.86 bits per heavy atom. The van der Waals surface area contributed by atoms with Crippen LogP contribution in [0, 0.1) is 0 Å². The number of hydrogen-bond donors (Lipinski definition) is 1. The molecule has 0 atom stereocenters. The Hall–Kier alpha value is -2.38. The number of rotatable bonds is 8. The van der Waals surface area contributed by atoms with Crippen LogP contribution < -0.4 is 9.46 Å². The number of nitrogens with zero attached hydrogens (tertiary/aromatic N) is 1. The minimum Gasteiger partial charge on any atom is -0.497 e. The van der Waals surface area contributed by atoms with E-state index in [1.807, 2.05) is 29.2 Å². The summed E-state index contributed by atoms with van der Waals surface area (Å²) in [6.07, 6.45) is 1.93. The van der Waals surface area contributed by atoms with E-state index in [1.54, 1.807) is 33.1 Å². The van der Waals surface area contributed by atoms with Crippen molar-refractivity contribution in [3.8, 4) is 5.75 Å². The summed E-state index contributed by atoms with van der Waals surface area (Å²) in [6.45, 7) is 4.00. The molecule has 2 aromatic carbocycles. The lowest BCUT2D eigenvalue weighted by Gasteiger charge is -2.23. The fourth-order valence-corrected chi connectivity index (χ4v) is 4.32. The lowest BCUT2D eigenvalue weighted by atomic mass is 10.1. The van der Waals surface area contributed by atoms with Gasteiger partial charge in [-0.25, -0.2) is 13.1 Å². The molecule has 0 bridgehead atoms. The van der Waals surface area contributed by atoms with Crippen LogP contribution in [-0.4, -0.2) is 38.4 Å². The maximum Gasteiger partial charge on any atom is 0.254 e. The van der Waals surface area contributed by atoms with E-state index in [4.69, 9.17) is 4.74 Å². The SMILES string of the molecule is COc1ccc(CN(C(=O)c2cccc(S(=O)(=O)NC(C)C)c2)C2CC2)cc1. The number of benzene rings is 2. The van der Waals surface area contributed by atoms with E-state index in [0.717, 1.165) is 24.2 Å². The standard InChI is InChI=1S/C21H26N2O4S/c1-15(2)22-28(25,26)20-6-4-5-17(13-20)21(24)23(18-9-10-18)14-16-7-11-19(27-3)12-8-16/h4-8,11-13,15,18,22H,9-10,14H2,1-3H3. The predicted molar refractivity (Wildman–Crippen MR) is 108 cm³/mol.